The van der Waals surface area contributed by atoms with E-state index in [9.17, 15) is 29.7 Å². The highest BCUT2D eigenvalue weighted by atomic mass is 16.5. The molecule has 3 rings (SSSR count). The zero-order chi connectivity index (χ0) is 23.8. The molecule has 2 aromatic rings. The Hall–Kier alpha value is -3.47. The highest BCUT2D eigenvalue weighted by Crippen LogP contribution is 2.21. The predicted octanol–water partition coefficient (Wildman–Crippen LogP) is -2.78. The lowest BCUT2D eigenvalue weighted by Gasteiger charge is -2.49. The zero-order valence-corrected chi connectivity index (χ0v) is 17.9. The number of ether oxygens (including phenoxy) is 1. The summed E-state index contributed by atoms with van der Waals surface area (Å²) in [5, 5.41) is 33.6. The average Bonchev–Trinajstić information content (AvgIpc) is 2.75. The molecular weight excluding hydrogens is 430 g/mol. The van der Waals surface area contributed by atoms with E-state index in [0.717, 1.165) is 11.1 Å². The molecule has 10 heteroatoms. The predicted molar refractivity (Wildman–Crippen MR) is 110 cm³/mol. The zero-order valence-electron chi connectivity index (χ0n) is 17.9. The van der Waals surface area contributed by atoms with Gasteiger partial charge in [-0.2, -0.15) is 0 Å². The molecule has 33 heavy (non-hydrogen) atoms. The van der Waals surface area contributed by atoms with Crippen molar-refractivity contribution in [1.29, 1.82) is 0 Å². The van der Waals surface area contributed by atoms with Crippen molar-refractivity contribution in [3.05, 3.63) is 65.7 Å². The number of carboxylic acids is 3. The van der Waals surface area contributed by atoms with Gasteiger partial charge in [-0.05, 0) is 23.3 Å². The number of carboxylic acid groups (broad SMARTS) is 3. The van der Waals surface area contributed by atoms with Crippen molar-refractivity contribution >= 4 is 17.9 Å². The number of carbonyl (C=O) groups is 3. The van der Waals surface area contributed by atoms with Gasteiger partial charge in [-0.25, -0.2) is 0 Å². The minimum Gasteiger partial charge on any atom is -0.549 e. The van der Waals surface area contributed by atoms with Crippen molar-refractivity contribution in [3.8, 4) is 5.75 Å². The third kappa shape index (κ3) is 7.56. The number of aliphatic carboxylic acids is 3. The fourth-order valence-corrected chi connectivity index (χ4v) is 3.83. The topological polar surface area (TPSA) is 139 Å². The molecule has 2 aromatic carbocycles. The molecule has 1 heterocycles. The molecule has 1 saturated heterocycles. The second-order valence-electron chi connectivity index (χ2n) is 7.82. The van der Waals surface area contributed by atoms with Gasteiger partial charge in [0.05, 0.1) is 37.4 Å². The van der Waals surface area contributed by atoms with Crippen LogP contribution in [0.25, 0.3) is 0 Å². The molecule has 10 nitrogen and oxygen atoms in total. The standard InChI is InChI=1S/C23H27N3O7/c27-21(28)11-24-15-25(12-22(29)30)20(26(16-24)13-23(31)32)10-17-6-8-19(9-7-17)33-14-18-4-2-1-3-5-18/h1-9,20H,10-16H2,(H,27,28)(H,29,30)(H,31,32)/p-3. The lowest BCUT2D eigenvalue weighted by atomic mass is 10.1. The quantitative estimate of drug-likeness (QED) is 0.350. The van der Waals surface area contributed by atoms with Crippen LogP contribution in [0.4, 0.5) is 0 Å². The molecule has 0 spiro atoms. The van der Waals surface area contributed by atoms with E-state index in [0.29, 0.717) is 18.8 Å². The summed E-state index contributed by atoms with van der Waals surface area (Å²) >= 11 is 0. The maximum absolute atomic E-state index is 11.3. The summed E-state index contributed by atoms with van der Waals surface area (Å²) in [5.41, 5.74) is 1.85. The first-order valence-electron chi connectivity index (χ1n) is 10.4. The summed E-state index contributed by atoms with van der Waals surface area (Å²) in [5.74, 6) is -3.40. The summed E-state index contributed by atoms with van der Waals surface area (Å²) in [6.07, 6.45) is -0.312. The van der Waals surface area contributed by atoms with E-state index < -0.39 is 43.7 Å². The second kappa shape index (κ2) is 11.4. The molecular formula is C23H24N3O7-3. The van der Waals surface area contributed by atoms with E-state index in [1.807, 2.05) is 42.5 Å². The summed E-state index contributed by atoms with van der Waals surface area (Å²) in [6, 6.07) is 16.9. The molecule has 0 aromatic heterocycles. The third-order valence-corrected chi connectivity index (χ3v) is 5.21. The number of hydrogen-bond donors (Lipinski definition) is 0. The van der Waals surface area contributed by atoms with Crippen LogP contribution in [0, 0.1) is 0 Å². The molecule has 0 atom stereocenters. The highest BCUT2D eigenvalue weighted by molar-refractivity contribution is 5.68. The Kier molecular flexibility index (Phi) is 8.36. The van der Waals surface area contributed by atoms with Crippen molar-refractivity contribution in [2.75, 3.05) is 33.0 Å². The van der Waals surface area contributed by atoms with Gasteiger partial charge in [0.1, 0.15) is 12.4 Å². The number of nitrogens with zero attached hydrogens (tertiary/aromatic N) is 3. The van der Waals surface area contributed by atoms with Crippen LogP contribution in [0.15, 0.2) is 54.6 Å². The van der Waals surface area contributed by atoms with Gasteiger partial charge in [-0.15, -0.1) is 0 Å². The van der Waals surface area contributed by atoms with E-state index in [4.69, 9.17) is 4.74 Å². The van der Waals surface area contributed by atoms with E-state index >= 15 is 0 Å². The smallest absolute Gasteiger partial charge is 0.119 e. The van der Waals surface area contributed by atoms with Gasteiger partial charge in [0.15, 0.2) is 0 Å². The Labute approximate surface area is 191 Å². The maximum atomic E-state index is 11.3. The second-order valence-corrected chi connectivity index (χ2v) is 7.82. The van der Waals surface area contributed by atoms with Crippen LogP contribution in [0.1, 0.15) is 11.1 Å². The van der Waals surface area contributed by atoms with Crippen LogP contribution >= 0.6 is 0 Å². The van der Waals surface area contributed by atoms with Crippen molar-refractivity contribution < 1.29 is 34.4 Å². The van der Waals surface area contributed by atoms with Crippen LogP contribution in [0.3, 0.4) is 0 Å². The minimum absolute atomic E-state index is 0.00838. The van der Waals surface area contributed by atoms with Crippen molar-refractivity contribution in [2.45, 2.75) is 19.2 Å². The van der Waals surface area contributed by atoms with Crippen LogP contribution in [-0.4, -0.2) is 71.7 Å². The first-order valence-corrected chi connectivity index (χ1v) is 10.4. The van der Waals surface area contributed by atoms with Gasteiger partial charge < -0.3 is 34.4 Å². The largest absolute Gasteiger partial charge is 0.549 e. The lowest BCUT2D eigenvalue weighted by Crippen LogP contribution is -2.65. The fourth-order valence-electron chi connectivity index (χ4n) is 3.83. The van der Waals surface area contributed by atoms with Crippen LogP contribution < -0.4 is 20.1 Å². The molecule has 176 valence electrons. The van der Waals surface area contributed by atoms with Gasteiger partial charge in [0.25, 0.3) is 0 Å². The number of rotatable bonds is 11. The normalized spacial score (nSPS) is 15.9. The van der Waals surface area contributed by atoms with Gasteiger partial charge in [-0.1, -0.05) is 42.5 Å². The van der Waals surface area contributed by atoms with E-state index in [1.165, 1.54) is 14.7 Å². The molecule has 1 aliphatic rings. The van der Waals surface area contributed by atoms with Crippen molar-refractivity contribution in [2.24, 2.45) is 0 Å². The monoisotopic (exact) mass is 454 g/mol. The van der Waals surface area contributed by atoms with Gasteiger partial charge >= 0.3 is 0 Å². The average molecular weight is 454 g/mol. The Bertz CT molecular complexity index is 926. The molecule has 0 radical (unpaired) electrons. The molecule has 0 amide bonds. The van der Waals surface area contributed by atoms with Crippen molar-refractivity contribution in [3.63, 3.8) is 0 Å². The molecule has 1 aliphatic heterocycles. The van der Waals surface area contributed by atoms with Crippen molar-refractivity contribution in [1.82, 2.24) is 14.7 Å². The molecule has 0 N–H and O–H groups in total. The first-order chi connectivity index (χ1) is 15.8. The van der Waals surface area contributed by atoms with Gasteiger partial charge in [0.2, 0.25) is 0 Å². The molecule has 0 unspecified atom stereocenters. The maximum Gasteiger partial charge on any atom is 0.119 e. The van der Waals surface area contributed by atoms with Crippen LogP contribution in [0.2, 0.25) is 0 Å². The van der Waals surface area contributed by atoms with Crippen LogP contribution in [-0.2, 0) is 27.4 Å². The summed E-state index contributed by atoms with van der Waals surface area (Å²) in [7, 11) is 0. The fraction of sp³-hybridized carbons (Fsp3) is 0.348. The van der Waals surface area contributed by atoms with Gasteiger partial charge in [0, 0.05) is 26.1 Å². The van der Waals surface area contributed by atoms with Gasteiger partial charge in [-0.3, -0.25) is 14.7 Å². The number of benzene rings is 2. The van der Waals surface area contributed by atoms with Crippen LogP contribution in [0.5, 0.6) is 5.75 Å². The summed E-state index contributed by atoms with van der Waals surface area (Å²) in [6.45, 7) is -1.02. The number of hydrogen-bond acceptors (Lipinski definition) is 10. The highest BCUT2D eigenvalue weighted by Gasteiger charge is 2.33. The van der Waals surface area contributed by atoms with E-state index in [2.05, 4.69) is 0 Å². The third-order valence-electron chi connectivity index (χ3n) is 5.21. The van der Waals surface area contributed by atoms with E-state index in [-0.39, 0.29) is 13.3 Å². The number of carbonyl (C=O) groups excluding carboxylic acids is 3. The SMILES string of the molecule is O=C([O-])CN1CN(CC(=O)[O-])C(Cc2ccc(OCc3ccccc3)cc2)N(CC(=O)[O-])C1. The minimum atomic E-state index is -1.35. The molecule has 0 aliphatic carbocycles. The van der Waals surface area contributed by atoms with E-state index in [1.54, 1.807) is 12.1 Å². The Balaban J connectivity index is 1.72. The first kappa shape index (κ1) is 24.2. The molecule has 0 bridgehead atoms. The lowest BCUT2D eigenvalue weighted by molar-refractivity contribution is -0.311. The summed E-state index contributed by atoms with van der Waals surface area (Å²) < 4.78 is 5.77. The molecule has 0 saturated carbocycles. The Morgan fingerprint density at radius 1 is 0.758 bits per heavy atom. The summed E-state index contributed by atoms with van der Waals surface area (Å²) in [4.78, 5) is 37.9. The Morgan fingerprint density at radius 2 is 1.30 bits per heavy atom. The molecule has 1 fully saturated rings. The Morgan fingerprint density at radius 3 is 1.82 bits per heavy atom.